The topological polar surface area (TPSA) is 55.4 Å². The monoisotopic (exact) mass is 281 g/mol. The first-order valence-corrected chi connectivity index (χ1v) is 8.65. The van der Waals surface area contributed by atoms with Gasteiger partial charge in [0.05, 0.1) is 23.8 Å². The SMILES string of the molecule is O=S1(=O)CCCC(COc2cccc3c2NCC3)C1. The second kappa shape index (κ2) is 5.04. The maximum atomic E-state index is 11.6. The van der Waals surface area contributed by atoms with E-state index in [9.17, 15) is 8.42 Å². The second-order valence-corrected chi connectivity index (χ2v) is 7.63. The van der Waals surface area contributed by atoms with Crippen LogP contribution in [0.5, 0.6) is 5.75 Å². The Bertz CT molecular complexity index is 568. The quantitative estimate of drug-likeness (QED) is 0.919. The lowest BCUT2D eigenvalue weighted by atomic mass is 10.1. The van der Waals surface area contributed by atoms with Crippen LogP contribution >= 0.6 is 0 Å². The van der Waals surface area contributed by atoms with Crippen molar-refractivity contribution in [3.05, 3.63) is 23.8 Å². The highest BCUT2D eigenvalue weighted by Gasteiger charge is 2.25. The molecule has 19 heavy (non-hydrogen) atoms. The van der Waals surface area contributed by atoms with E-state index in [1.165, 1.54) is 5.56 Å². The molecule has 0 amide bonds. The molecule has 1 N–H and O–H groups in total. The Morgan fingerprint density at radius 1 is 1.37 bits per heavy atom. The first-order chi connectivity index (χ1) is 9.14. The van der Waals surface area contributed by atoms with E-state index in [-0.39, 0.29) is 11.7 Å². The van der Waals surface area contributed by atoms with Gasteiger partial charge in [0, 0.05) is 12.5 Å². The molecule has 5 heteroatoms. The van der Waals surface area contributed by atoms with Crippen LogP contribution in [0.1, 0.15) is 18.4 Å². The maximum Gasteiger partial charge on any atom is 0.150 e. The number of rotatable bonds is 3. The lowest BCUT2D eigenvalue weighted by molar-refractivity contribution is 0.250. The van der Waals surface area contributed by atoms with Gasteiger partial charge in [0.25, 0.3) is 0 Å². The summed E-state index contributed by atoms with van der Waals surface area (Å²) in [5, 5.41) is 3.33. The molecule has 1 aromatic carbocycles. The summed E-state index contributed by atoms with van der Waals surface area (Å²) in [6, 6.07) is 6.06. The van der Waals surface area contributed by atoms with E-state index < -0.39 is 9.84 Å². The van der Waals surface area contributed by atoms with Crippen molar-refractivity contribution < 1.29 is 13.2 Å². The van der Waals surface area contributed by atoms with Gasteiger partial charge in [-0.25, -0.2) is 8.42 Å². The summed E-state index contributed by atoms with van der Waals surface area (Å²) in [5.74, 6) is 1.61. The van der Waals surface area contributed by atoms with Crippen LogP contribution in [0, 0.1) is 5.92 Å². The lowest BCUT2D eigenvalue weighted by Gasteiger charge is -2.22. The van der Waals surface area contributed by atoms with Crippen molar-refractivity contribution >= 4 is 15.5 Å². The zero-order valence-electron chi connectivity index (χ0n) is 10.9. The van der Waals surface area contributed by atoms with E-state index in [0.29, 0.717) is 12.4 Å². The molecule has 4 nitrogen and oxygen atoms in total. The molecule has 0 aromatic heterocycles. The summed E-state index contributed by atoms with van der Waals surface area (Å²) in [6.07, 6.45) is 2.74. The molecule has 0 aliphatic carbocycles. The van der Waals surface area contributed by atoms with Crippen LogP contribution in [0.15, 0.2) is 18.2 Å². The summed E-state index contributed by atoms with van der Waals surface area (Å²) in [7, 11) is -2.84. The van der Waals surface area contributed by atoms with Crippen molar-refractivity contribution in [2.45, 2.75) is 19.3 Å². The third-order valence-corrected chi connectivity index (χ3v) is 5.73. The summed E-state index contributed by atoms with van der Waals surface area (Å²) in [6.45, 7) is 1.45. The minimum absolute atomic E-state index is 0.135. The van der Waals surface area contributed by atoms with Crippen molar-refractivity contribution in [1.29, 1.82) is 0 Å². The number of ether oxygens (including phenoxy) is 1. The molecule has 3 rings (SSSR count). The lowest BCUT2D eigenvalue weighted by Crippen LogP contribution is -2.29. The highest BCUT2D eigenvalue weighted by Crippen LogP contribution is 2.33. The van der Waals surface area contributed by atoms with E-state index in [1.807, 2.05) is 12.1 Å². The van der Waals surface area contributed by atoms with Gasteiger partial charge in [-0.15, -0.1) is 0 Å². The molecule has 0 radical (unpaired) electrons. The van der Waals surface area contributed by atoms with Gasteiger partial charge in [-0.3, -0.25) is 0 Å². The predicted octanol–water partition coefficient (Wildman–Crippen LogP) is 1.86. The molecule has 1 unspecified atom stereocenters. The van der Waals surface area contributed by atoms with Crippen LogP contribution in [0.3, 0.4) is 0 Å². The summed E-state index contributed by atoms with van der Waals surface area (Å²) < 4.78 is 29.0. The Kier molecular flexibility index (Phi) is 3.39. The Morgan fingerprint density at radius 2 is 2.26 bits per heavy atom. The third kappa shape index (κ3) is 2.86. The average Bonchev–Trinajstić information content (AvgIpc) is 2.84. The summed E-state index contributed by atoms with van der Waals surface area (Å²) in [5.41, 5.74) is 2.37. The summed E-state index contributed by atoms with van der Waals surface area (Å²) in [4.78, 5) is 0. The van der Waals surface area contributed by atoms with Gasteiger partial charge in [-0.1, -0.05) is 12.1 Å². The van der Waals surface area contributed by atoms with Crippen LogP contribution < -0.4 is 10.1 Å². The molecular formula is C14H19NO3S. The van der Waals surface area contributed by atoms with E-state index in [0.717, 1.165) is 37.2 Å². The second-order valence-electron chi connectivity index (χ2n) is 5.40. The number of para-hydroxylation sites is 1. The predicted molar refractivity (Wildman–Crippen MR) is 75.5 cm³/mol. The Labute approximate surface area is 114 Å². The van der Waals surface area contributed by atoms with Gasteiger partial charge in [0.15, 0.2) is 9.84 Å². The van der Waals surface area contributed by atoms with Crippen LogP contribution in [0.2, 0.25) is 0 Å². The normalized spacial score (nSPS) is 24.5. The number of benzene rings is 1. The van der Waals surface area contributed by atoms with E-state index in [2.05, 4.69) is 11.4 Å². The summed E-state index contributed by atoms with van der Waals surface area (Å²) >= 11 is 0. The average molecular weight is 281 g/mol. The van der Waals surface area contributed by atoms with Gasteiger partial charge >= 0.3 is 0 Å². The number of sulfone groups is 1. The molecule has 2 aliphatic rings. The molecular weight excluding hydrogens is 262 g/mol. The van der Waals surface area contributed by atoms with Crippen LogP contribution in [-0.2, 0) is 16.3 Å². The molecule has 2 aliphatic heterocycles. The van der Waals surface area contributed by atoms with Gasteiger partial charge in [-0.2, -0.15) is 0 Å². The molecule has 104 valence electrons. The zero-order chi connectivity index (χ0) is 13.3. The van der Waals surface area contributed by atoms with E-state index >= 15 is 0 Å². The first-order valence-electron chi connectivity index (χ1n) is 6.83. The number of hydrogen-bond acceptors (Lipinski definition) is 4. The van der Waals surface area contributed by atoms with Crippen molar-refractivity contribution in [1.82, 2.24) is 0 Å². The zero-order valence-corrected chi connectivity index (χ0v) is 11.7. The Morgan fingerprint density at radius 3 is 3.11 bits per heavy atom. The van der Waals surface area contributed by atoms with E-state index in [4.69, 9.17) is 4.74 Å². The molecule has 0 bridgehead atoms. The van der Waals surface area contributed by atoms with Crippen LogP contribution in [-0.4, -0.2) is 33.1 Å². The third-order valence-electron chi connectivity index (χ3n) is 3.84. The van der Waals surface area contributed by atoms with Crippen molar-refractivity contribution in [2.75, 3.05) is 30.0 Å². The van der Waals surface area contributed by atoms with Crippen molar-refractivity contribution in [3.63, 3.8) is 0 Å². The molecule has 0 saturated carbocycles. The van der Waals surface area contributed by atoms with Gasteiger partial charge in [-0.05, 0) is 30.9 Å². The van der Waals surface area contributed by atoms with Crippen molar-refractivity contribution in [3.8, 4) is 5.75 Å². The molecule has 1 fully saturated rings. The molecule has 1 atom stereocenters. The van der Waals surface area contributed by atoms with Gasteiger partial charge in [0.1, 0.15) is 5.75 Å². The van der Waals surface area contributed by atoms with E-state index in [1.54, 1.807) is 0 Å². The Hall–Kier alpha value is -1.23. The van der Waals surface area contributed by atoms with Crippen molar-refractivity contribution in [2.24, 2.45) is 5.92 Å². The number of hydrogen-bond donors (Lipinski definition) is 1. The minimum atomic E-state index is -2.84. The maximum absolute atomic E-state index is 11.6. The molecule has 0 spiro atoms. The molecule has 1 aromatic rings. The Balaban J connectivity index is 1.65. The van der Waals surface area contributed by atoms with Gasteiger partial charge < -0.3 is 10.1 Å². The fourth-order valence-electron chi connectivity index (χ4n) is 2.88. The number of anilines is 1. The van der Waals surface area contributed by atoms with Crippen LogP contribution in [0.25, 0.3) is 0 Å². The highest BCUT2D eigenvalue weighted by molar-refractivity contribution is 7.91. The fourth-order valence-corrected chi connectivity index (χ4v) is 4.64. The standard InChI is InChI=1S/C14H19NO3S/c16-19(17)8-2-3-11(10-19)9-18-13-5-1-4-12-6-7-15-14(12)13/h1,4-5,11,15H,2-3,6-10H2. The van der Waals surface area contributed by atoms with Gasteiger partial charge in [0.2, 0.25) is 0 Å². The fraction of sp³-hybridized carbons (Fsp3) is 0.571. The minimum Gasteiger partial charge on any atom is -0.491 e. The first kappa shape index (κ1) is 12.8. The molecule has 1 saturated heterocycles. The van der Waals surface area contributed by atoms with Crippen LogP contribution in [0.4, 0.5) is 5.69 Å². The smallest absolute Gasteiger partial charge is 0.150 e. The highest BCUT2D eigenvalue weighted by atomic mass is 32.2. The molecule has 2 heterocycles. The number of fused-ring (bicyclic) bond motifs is 1. The largest absolute Gasteiger partial charge is 0.491 e. The number of nitrogens with one attached hydrogen (secondary N) is 1.